The zero-order valence-corrected chi connectivity index (χ0v) is 13.8. The predicted molar refractivity (Wildman–Crippen MR) is 86.1 cm³/mol. The molecule has 0 aliphatic rings. The number of carbonyl (C=O) groups excluding carboxylic acids is 1. The minimum Gasteiger partial charge on any atom is -0.383 e. The fourth-order valence-corrected chi connectivity index (χ4v) is 2.16. The van der Waals surface area contributed by atoms with Gasteiger partial charge >= 0.3 is 0 Å². The Morgan fingerprint density at radius 3 is 2.82 bits per heavy atom. The van der Waals surface area contributed by atoms with E-state index in [4.69, 9.17) is 4.74 Å². The van der Waals surface area contributed by atoms with Gasteiger partial charge in [0, 0.05) is 19.2 Å². The van der Waals surface area contributed by atoms with Crippen molar-refractivity contribution in [2.24, 2.45) is 0 Å². The zero-order valence-electron chi connectivity index (χ0n) is 13.8. The van der Waals surface area contributed by atoms with Crippen molar-refractivity contribution < 1.29 is 9.53 Å². The molecule has 0 fully saturated rings. The van der Waals surface area contributed by atoms with Crippen molar-refractivity contribution in [1.82, 2.24) is 15.1 Å². The van der Waals surface area contributed by atoms with Crippen LogP contribution in [-0.2, 0) is 11.3 Å². The first kappa shape index (κ1) is 18.4. The molecule has 1 N–H and O–H groups in total. The molecule has 1 heterocycles. The standard InChI is InChI=1S/C16H27N3O3/c1-4-5-6-7-8-13(2)17-16(21)14-9-10-15(20)19(18-14)11-12-22-3/h9-10,13H,4-8,11-12H2,1-3H3,(H,17,21)/t13-/m1/s1. The molecule has 1 amide bonds. The molecule has 124 valence electrons. The minimum absolute atomic E-state index is 0.102. The lowest BCUT2D eigenvalue weighted by Crippen LogP contribution is -2.35. The van der Waals surface area contributed by atoms with Crippen molar-refractivity contribution >= 4 is 5.91 Å². The maximum absolute atomic E-state index is 12.2. The third-order valence-corrected chi connectivity index (χ3v) is 3.47. The zero-order chi connectivity index (χ0) is 16.4. The Kier molecular flexibility index (Phi) is 8.43. The summed E-state index contributed by atoms with van der Waals surface area (Å²) in [5.41, 5.74) is 0.0253. The molecule has 6 heteroatoms. The van der Waals surface area contributed by atoms with E-state index in [-0.39, 0.29) is 23.2 Å². The summed E-state index contributed by atoms with van der Waals surface area (Å²) < 4.78 is 6.18. The van der Waals surface area contributed by atoms with Gasteiger partial charge in [-0.2, -0.15) is 5.10 Å². The number of nitrogens with zero attached hydrogens (tertiary/aromatic N) is 2. The predicted octanol–water partition coefficient (Wildman–Crippen LogP) is 1.98. The quantitative estimate of drug-likeness (QED) is 0.671. The molecule has 1 atom stereocenters. The minimum atomic E-state index is -0.242. The van der Waals surface area contributed by atoms with Gasteiger partial charge in [-0.15, -0.1) is 0 Å². The van der Waals surface area contributed by atoms with Gasteiger partial charge in [-0.1, -0.05) is 32.6 Å². The van der Waals surface area contributed by atoms with Gasteiger partial charge in [0.2, 0.25) is 0 Å². The van der Waals surface area contributed by atoms with E-state index < -0.39 is 0 Å². The van der Waals surface area contributed by atoms with Gasteiger partial charge in [-0.05, 0) is 19.4 Å². The van der Waals surface area contributed by atoms with Crippen molar-refractivity contribution in [1.29, 1.82) is 0 Å². The molecule has 0 unspecified atom stereocenters. The van der Waals surface area contributed by atoms with E-state index in [1.807, 2.05) is 6.92 Å². The van der Waals surface area contributed by atoms with Crippen molar-refractivity contribution in [2.75, 3.05) is 13.7 Å². The molecule has 0 aliphatic heterocycles. The second kappa shape index (κ2) is 10.1. The van der Waals surface area contributed by atoms with E-state index in [1.54, 1.807) is 7.11 Å². The molecule has 0 aliphatic carbocycles. The number of hydrogen-bond acceptors (Lipinski definition) is 4. The molecular weight excluding hydrogens is 282 g/mol. The maximum Gasteiger partial charge on any atom is 0.271 e. The molecule has 22 heavy (non-hydrogen) atoms. The Bertz CT molecular complexity index is 514. The number of carbonyl (C=O) groups is 1. The summed E-state index contributed by atoms with van der Waals surface area (Å²) in [6.07, 6.45) is 5.68. The SMILES string of the molecule is CCCCCC[C@@H](C)NC(=O)c1ccc(=O)n(CCOC)n1. The van der Waals surface area contributed by atoms with Gasteiger partial charge in [0.15, 0.2) is 0 Å². The first-order chi connectivity index (χ1) is 10.6. The molecule has 6 nitrogen and oxygen atoms in total. The molecule has 0 saturated heterocycles. The van der Waals surface area contributed by atoms with Crippen LogP contribution in [0.1, 0.15) is 56.4 Å². The summed E-state index contributed by atoms with van der Waals surface area (Å²) in [6.45, 7) is 4.88. The van der Waals surface area contributed by atoms with Crippen LogP contribution in [0.3, 0.4) is 0 Å². The second-order valence-electron chi connectivity index (χ2n) is 5.50. The number of ether oxygens (including phenoxy) is 1. The van der Waals surface area contributed by atoms with Gasteiger partial charge in [-0.25, -0.2) is 4.68 Å². The highest BCUT2D eigenvalue weighted by molar-refractivity contribution is 5.92. The summed E-state index contributed by atoms with van der Waals surface area (Å²) >= 11 is 0. The van der Waals surface area contributed by atoms with Crippen LogP contribution in [0.15, 0.2) is 16.9 Å². The molecular formula is C16H27N3O3. The summed E-state index contributed by atoms with van der Waals surface area (Å²) in [5.74, 6) is -0.242. The van der Waals surface area contributed by atoms with E-state index in [9.17, 15) is 9.59 Å². The summed E-state index contributed by atoms with van der Waals surface area (Å²) in [4.78, 5) is 23.8. The summed E-state index contributed by atoms with van der Waals surface area (Å²) in [7, 11) is 1.56. The lowest BCUT2D eigenvalue weighted by atomic mass is 10.1. The lowest BCUT2D eigenvalue weighted by molar-refractivity contribution is 0.0929. The van der Waals surface area contributed by atoms with Crippen LogP contribution in [0.5, 0.6) is 0 Å². The fraction of sp³-hybridized carbons (Fsp3) is 0.688. The summed E-state index contributed by atoms with van der Waals surface area (Å²) in [6, 6.07) is 2.93. The molecule has 0 radical (unpaired) electrons. The number of amides is 1. The number of methoxy groups -OCH3 is 1. The molecule has 0 aromatic carbocycles. The van der Waals surface area contributed by atoms with Gasteiger partial charge in [0.05, 0.1) is 13.2 Å². The average molecular weight is 309 g/mol. The smallest absolute Gasteiger partial charge is 0.271 e. The van der Waals surface area contributed by atoms with Gasteiger partial charge in [0.25, 0.3) is 11.5 Å². The highest BCUT2D eigenvalue weighted by Crippen LogP contribution is 2.05. The number of rotatable bonds is 10. The summed E-state index contributed by atoms with van der Waals surface area (Å²) in [5, 5.41) is 7.01. The van der Waals surface area contributed by atoms with Crippen LogP contribution in [-0.4, -0.2) is 35.4 Å². The van der Waals surface area contributed by atoms with E-state index >= 15 is 0 Å². The lowest BCUT2D eigenvalue weighted by Gasteiger charge is -2.14. The van der Waals surface area contributed by atoms with Crippen LogP contribution in [0, 0.1) is 0 Å². The van der Waals surface area contributed by atoms with E-state index in [2.05, 4.69) is 17.3 Å². The number of aromatic nitrogens is 2. The van der Waals surface area contributed by atoms with Crippen molar-refractivity contribution in [2.45, 2.75) is 58.5 Å². The Morgan fingerprint density at radius 2 is 2.14 bits per heavy atom. The Hall–Kier alpha value is -1.69. The molecule has 0 spiro atoms. The van der Waals surface area contributed by atoms with Crippen molar-refractivity contribution in [3.8, 4) is 0 Å². The second-order valence-corrected chi connectivity index (χ2v) is 5.50. The molecule has 1 aromatic rings. The van der Waals surface area contributed by atoms with Crippen LogP contribution < -0.4 is 10.9 Å². The number of hydrogen-bond donors (Lipinski definition) is 1. The van der Waals surface area contributed by atoms with E-state index in [0.29, 0.717) is 13.2 Å². The van der Waals surface area contributed by atoms with Crippen molar-refractivity contribution in [3.63, 3.8) is 0 Å². The largest absolute Gasteiger partial charge is 0.383 e. The molecule has 1 aromatic heterocycles. The van der Waals surface area contributed by atoms with E-state index in [1.165, 1.54) is 36.1 Å². The average Bonchev–Trinajstić information content (AvgIpc) is 2.50. The van der Waals surface area contributed by atoms with Gasteiger partial charge in [-0.3, -0.25) is 9.59 Å². The van der Waals surface area contributed by atoms with Crippen LogP contribution in [0.4, 0.5) is 0 Å². The van der Waals surface area contributed by atoms with Gasteiger partial charge in [0.1, 0.15) is 5.69 Å². The highest BCUT2D eigenvalue weighted by atomic mass is 16.5. The third-order valence-electron chi connectivity index (χ3n) is 3.47. The van der Waals surface area contributed by atoms with Crippen LogP contribution >= 0.6 is 0 Å². The Balaban J connectivity index is 2.55. The first-order valence-corrected chi connectivity index (χ1v) is 7.96. The fourth-order valence-electron chi connectivity index (χ4n) is 2.16. The van der Waals surface area contributed by atoms with Crippen molar-refractivity contribution in [3.05, 3.63) is 28.2 Å². The molecule has 1 rings (SSSR count). The normalized spacial score (nSPS) is 12.1. The van der Waals surface area contributed by atoms with Crippen LogP contribution in [0.2, 0.25) is 0 Å². The topological polar surface area (TPSA) is 73.2 Å². The van der Waals surface area contributed by atoms with Crippen LogP contribution in [0.25, 0.3) is 0 Å². The number of unbranched alkanes of at least 4 members (excludes halogenated alkanes) is 3. The number of nitrogens with one attached hydrogen (secondary N) is 1. The van der Waals surface area contributed by atoms with Gasteiger partial charge < -0.3 is 10.1 Å². The Morgan fingerprint density at radius 1 is 1.36 bits per heavy atom. The third kappa shape index (κ3) is 6.39. The monoisotopic (exact) mass is 309 g/mol. The van der Waals surface area contributed by atoms with E-state index in [0.717, 1.165) is 12.8 Å². The highest BCUT2D eigenvalue weighted by Gasteiger charge is 2.12. The maximum atomic E-state index is 12.2. The first-order valence-electron chi connectivity index (χ1n) is 7.96. The molecule has 0 saturated carbocycles. The Labute approximate surface area is 131 Å². The molecule has 0 bridgehead atoms.